The average molecular weight is 154 g/mol. The molecule has 64 valence electrons. The summed E-state index contributed by atoms with van der Waals surface area (Å²) in [6, 6.07) is 0. The third-order valence-corrected chi connectivity index (χ3v) is 2.95. The fourth-order valence-corrected chi connectivity index (χ4v) is 2.27. The van der Waals surface area contributed by atoms with Gasteiger partial charge in [0.15, 0.2) is 0 Å². The fraction of sp³-hybridized carbons (Fsp3) is 0.900. The predicted molar refractivity (Wildman–Crippen MR) is 46.4 cm³/mol. The van der Waals surface area contributed by atoms with Crippen LogP contribution in [-0.2, 0) is 4.79 Å². The van der Waals surface area contributed by atoms with Crippen LogP contribution in [-0.4, -0.2) is 5.78 Å². The Morgan fingerprint density at radius 3 is 2.36 bits per heavy atom. The molecular formula is C10H18O. The van der Waals surface area contributed by atoms with Gasteiger partial charge in [-0.1, -0.05) is 20.3 Å². The number of carbonyl (C=O) groups excluding carboxylic acids is 1. The molecule has 1 heteroatoms. The predicted octanol–water partition coefficient (Wildman–Crippen LogP) is 2.65. The molecule has 0 N–H and O–H groups in total. The smallest absolute Gasteiger partial charge is 0.133 e. The van der Waals surface area contributed by atoms with Crippen molar-refractivity contribution in [3.63, 3.8) is 0 Å². The molecule has 1 rings (SSSR count). The average Bonchev–Trinajstić information content (AvgIpc) is 1.85. The van der Waals surface area contributed by atoms with Crippen LogP contribution in [0.25, 0.3) is 0 Å². The summed E-state index contributed by atoms with van der Waals surface area (Å²) in [5.74, 6) is 2.22. The Morgan fingerprint density at radius 1 is 1.27 bits per heavy atom. The van der Waals surface area contributed by atoms with Crippen molar-refractivity contribution >= 4 is 5.78 Å². The van der Waals surface area contributed by atoms with E-state index < -0.39 is 0 Å². The van der Waals surface area contributed by atoms with E-state index in [1.54, 1.807) is 6.92 Å². The molecule has 1 saturated carbocycles. The molecule has 1 aliphatic carbocycles. The molecule has 1 aliphatic rings. The van der Waals surface area contributed by atoms with Crippen molar-refractivity contribution in [1.29, 1.82) is 0 Å². The molecule has 0 saturated heterocycles. The minimum atomic E-state index is 0.367. The van der Waals surface area contributed by atoms with Crippen LogP contribution in [0, 0.1) is 17.8 Å². The number of ketones is 1. The maximum absolute atomic E-state index is 11.1. The monoisotopic (exact) mass is 154 g/mol. The van der Waals surface area contributed by atoms with Crippen LogP contribution in [0.1, 0.15) is 40.0 Å². The van der Waals surface area contributed by atoms with Crippen LogP contribution in [0.3, 0.4) is 0 Å². The van der Waals surface area contributed by atoms with Gasteiger partial charge in [-0.25, -0.2) is 0 Å². The maximum Gasteiger partial charge on any atom is 0.133 e. The molecule has 0 bridgehead atoms. The Bertz CT molecular complexity index is 151. The summed E-state index contributed by atoms with van der Waals surface area (Å²) < 4.78 is 0. The molecule has 0 aromatic rings. The summed E-state index contributed by atoms with van der Waals surface area (Å²) in [6.45, 7) is 6.23. The lowest BCUT2D eigenvalue weighted by Gasteiger charge is -2.30. The normalized spacial score (nSPS) is 38.6. The Labute approximate surface area is 69.2 Å². The van der Waals surface area contributed by atoms with Crippen LogP contribution in [0.4, 0.5) is 0 Å². The van der Waals surface area contributed by atoms with Crippen molar-refractivity contribution < 1.29 is 4.79 Å². The standard InChI is InChI=1S/C10H18O/c1-7-4-5-10(9(3)11)8(2)6-7/h7-8,10H,4-6H2,1-3H3/t7?,8-,10?/m1/s1. The molecule has 0 amide bonds. The first-order chi connectivity index (χ1) is 5.11. The maximum atomic E-state index is 11.1. The lowest BCUT2D eigenvalue weighted by molar-refractivity contribution is -0.123. The summed E-state index contributed by atoms with van der Waals surface area (Å²) in [7, 11) is 0. The SMILES string of the molecule is CC(=O)C1CCC(C)C[C@H]1C. The Morgan fingerprint density at radius 2 is 1.91 bits per heavy atom. The molecule has 1 nitrogen and oxygen atoms in total. The van der Waals surface area contributed by atoms with Gasteiger partial charge < -0.3 is 0 Å². The summed E-state index contributed by atoms with van der Waals surface area (Å²) in [6.07, 6.45) is 3.61. The lowest BCUT2D eigenvalue weighted by atomic mass is 9.74. The number of carbonyl (C=O) groups is 1. The van der Waals surface area contributed by atoms with Gasteiger partial charge in [0.25, 0.3) is 0 Å². The molecular weight excluding hydrogens is 136 g/mol. The second kappa shape index (κ2) is 3.38. The topological polar surface area (TPSA) is 17.1 Å². The van der Waals surface area contributed by atoms with E-state index in [4.69, 9.17) is 0 Å². The number of rotatable bonds is 1. The van der Waals surface area contributed by atoms with E-state index in [-0.39, 0.29) is 0 Å². The molecule has 0 heterocycles. The molecule has 1 fully saturated rings. The van der Waals surface area contributed by atoms with Crippen LogP contribution in [0.15, 0.2) is 0 Å². The minimum absolute atomic E-state index is 0.367. The van der Waals surface area contributed by atoms with Gasteiger partial charge in [0, 0.05) is 5.92 Å². The molecule has 0 aliphatic heterocycles. The van der Waals surface area contributed by atoms with E-state index in [0.717, 1.165) is 12.3 Å². The first kappa shape index (κ1) is 8.76. The van der Waals surface area contributed by atoms with Gasteiger partial charge in [-0.05, 0) is 31.6 Å². The van der Waals surface area contributed by atoms with Gasteiger partial charge in [0.1, 0.15) is 5.78 Å². The van der Waals surface area contributed by atoms with Gasteiger partial charge in [-0.2, -0.15) is 0 Å². The molecule has 3 atom stereocenters. The van der Waals surface area contributed by atoms with Crippen LogP contribution < -0.4 is 0 Å². The van der Waals surface area contributed by atoms with E-state index in [2.05, 4.69) is 13.8 Å². The van der Waals surface area contributed by atoms with E-state index in [9.17, 15) is 4.79 Å². The second-order valence-corrected chi connectivity index (χ2v) is 4.11. The Hall–Kier alpha value is -0.330. The van der Waals surface area contributed by atoms with Gasteiger partial charge in [0.05, 0.1) is 0 Å². The molecule has 11 heavy (non-hydrogen) atoms. The Kier molecular flexibility index (Phi) is 2.69. The van der Waals surface area contributed by atoms with Crippen LogP contribution in [0.2, 0.25) is 0 Å². The fourth-order valence-electron chi connectivity index (χ4n) is 2.27. The lowest BCUT2D eigenvalue weighted by Crippen LogP contribution is -2.26. The van der Waals surface area contributed by atoms with E-state index in [0.29, 0.717) is 17.6 Å². The number of hydrogen-bond donors (Lipinski definition) is 0. The first-order valence-electron chi connectivity index (χ1n) is 4.61. The molecule has 0 aromatic heterocycles. The molecule has 2 unspecified atom stereocenters. The third-order valence-electron chi connectivity index (χ3n) is 2.95. The van der Waals surface area contributed by atoms with E-state index >= 15 is 0 Å². The van der Waals surface area contributed by atoms with Crippen molar-refractivity contribution in [1.82, 2.24) is 0 Å². The van der Waals surface area contributed by atoms with Crippen LogP contribution in [0.5, 0.6) is 0 Å². The quantitative estimate of drug-likeness (QED) is 0.567. The van der Waals surface area contributed by atoms with Crippen molar-refractivity contribution in [2.24, 2.45) is 17.8 Å². The van der Waals surface area contributed by atoms with Crippen LogP contribution >= 0.6 is 0 Å². The number of Topliss-reactive ketones (excluding diaryl/α,β-unsaturated/α-hetero) is 1. The summed E-state index contributed by atoms with van der Waals surface area (Å²) >= 11 is 0. The molecule has 0 spiro atoms. The first-order valence-corrected chi connectivity index (χ1v) is 4.61. The highest BCUT2D eigenvalue weighted by molar-refractivity contribution is 5.78. The highest BCUT2D eigenvalue weighted by Crippen LogP contribution is 2.33. The van der Waals surface area contributed by atoms with Crippen molar-refractivity contribution in [2.45, 2.75) is 40.0 Å². The van der Waals surface area contributed by atoms with Gasteiger partial charge in [-0.15, -0.1) is 0 Å². The van der Waals surface area contributed by atoms with Crippen molar-refractivity contribution in [3.05, 3.63) is 0 Å². The highest BCUT2D eigenvalue weighted by Gasteiger charge is 2.27. The summed E-state index contributed by atoms with van der Waals surface area (Å²) in [4.78, 5) is 11.1. The minimum Gasteiger partial charge on any atom is -0.300 e. The van der Waals surface area contributed by atoms with Crippen molar-refractivity contribution in [3.8, 4) is 0 Å². The largest absolute Gasteiger partial charge is 0.300 e. The molecule has 0 aromatic carbocycles. The second-order valence-electron chi connectivity index (χ2n) is 4.11. The van der Waals surface area contributed by atoms with E-state index in [1.807, 2.05) is 0 Å². The third kappa shape index (κ3) is 2.05. The highest BCUT2D eigenvalue weighted by atomic mass is 16.1. The zero-order chi connectivity index (χ0) is 8.43. The van der Waals surface area contributed by atoms with Crippen molar-refractivity contribution in [2.75, 3.05) is 0 Å². The number of hydrogen-bond acceptors (Lipinski definition) is 1. The zero-order valence-electron chi connectivity index (χ0n) is 7.76. The van der Waals surface area contributed by atoms with Gasteiger partial charge >= 0.3 is 0 Å². The summed E-state index contributed by atoms with van der Waals surface area (Å²) in [5.41, 5.74) is 0. The molecule has 0 radical (unpaired) electrons. The van der Waals surface area contributed by atoms with Gasteiger partial charge in [-0.3, -0.25) is 4.79 Å². The zero-order valence-corrected chi connectivity index (χ0v) is 7.76. The van der Waals surface area contributed by atoms with Gasteiger partial charge in [0.2, 0.25) is 0 Å². The Balaban J connectivity index is 2.50. The summed E-state index contributed by atoms with van der Waals surface area (Å²) in [5, 5.41) is 0. The van der Waals surface area contributed by atoms with E-state index in [1.165, 1.54) is 12.8 Å².